The molecule has 1 aromatic heterocycles. The summed E-state index contributed by atoms with van der Waals surface area (Å²) in [6.07, 6.45) is -0.283. The number of anilines is 1. The van der Waals surface area contributed by atoms with Crippen LogP contribution in [0.4, 0.5) is 10.6 Å². The van der Waals surface area contributed by atoms with Gasteiger partial charge in [0.15, 0.2) is 9.84 Å². The first-order valence-electron chi connectivity index (χ1n) is 7.74. The number of fused-ring (bicyclic) bond motifs is 3. The molecule has 0 radical (unpaired) electrons. The second-order valence-electron chi connectivity index (χ2n) is 6.26. The van der Waals surface area contributed by atoms with Crippen LogP contribution in [0.1, 0.15) is 25.1 Å². The number of rotatable bonds is 2. The second kappa shape index (κ2) is 5.36. The third-order valence-electron chi connectivity index (χ3n) is 4.69. The van der Waals surface area contributed by atoms with Gasteiger partial charge in [-0.1, -0.05) is 6.92 Å². The Hall–Kier alpha value is -1.83. The van der Waals surface area contributed by atoms with E-state index in [-0.39, 0.29) is 17.8 Å². The Morgan fingerprint density at radius 1 is 1.43 bits per heavy atom. The zero-order chi connectivity index (χ0) is 16.9. The Balaban J connectivity index is 2.01. The van der Waals surface area contributed by atoms with Crippen molar-refractivity contribution >= 4 is 21.7 Å². The molecule has 7 nitrogen and oxygen atoms in total. The van der Waals surface area contributed by atoms with Gasteiger partial charge in [-0.25, -0.2) is 18.2 Å². The molecule has 8 heteroatoms. The highest BCUT2D eigenvalue weighted by atomic mass is 32.2. The molecular formula is C15H21N3O4S. The number of amides is 1. The van der Waals surface area contributed by atoms with Crippen molar-refractivity contribution in [3.63, 3.8) is 0 Å². The van der Waals surface area contributed by atoms with Crippen molar-refractivity contribution in [2.45, 2.75) is 44.2 Å². The lowest BCUT2D eigenvalue weighted by Crippen LogP contribution is -2.58. The van der Waals surface area contributed by atoms with Gasteiger partial charge in [-0.2, -0.15) is 0 Å². The molecule has 0 spiro atoms. The molecule has 2 aliphatic rings. The first kappa shape index (κ1) is 16.0. The minimum atomic E-state index is -3.31. The van der Waals surface area contributed by atoms with E-state index in [0.717, 1.165) is 11.4 Å². The van der Waals surface area contributed by atoms with E-state index in [9.17, 15) is 18.3 Å². The molecular weight excluding hydrogens is 318 g/mol. The van der Waals surface area contributed by atoms with E-state index >= 15 is 0 Å². The quantitative estimate of drug-likeness (QED) is 0.873. The number of hydrogen-bond acceptors (Lipinski definition) is 5. The van der Waals surface area contributed by atoms with Crippen LogP contribution in [-0.2, 0) is 16.3 Å². The van der Waals surface area contributed by atoms with E-state index in [1.54, 1.807) is 19.9 Å². The van der Waals surface area contributed by atoms with Gasteiger partial charge in [0.25, 0.3) is 0 Å². The highest BCUT2D eigenvalue weighted by Gasteiger charge is 2.41. The lowest BCUT2D eigenvalue weighted by Gasteiger charge is -2.42. The highest BCUT2D eigenvalue weighted by molar-refractivity contribution is 7.91. The molecule has 3 rings (SSSR count). The zero-order valence-electron chi connectivity index (χ0n) is 13.5. The fourth-order valence-corrected chi connectivity index (χ4v) is 4.72. The Bertz CT molecular complexity index is 762. The van der Waals surface area contributed by atoms with Crippen LogP contribution >= 0.6 is 0 Å². The van der Waals surface area contributed by atoms with Crippen LogP contribution in [0.5, 0.6) is 0 Å². The largest absolute Gasteiger partial charge is 0.465 e. The minimum absolute atomic E-state index is 0.0200. The van der Waals surface area contributed by atoms with Crippen molar-refractivity contribution in [1.29, 1.82) is 0 Å². The number of sulfone groups is 1. The molecule has 0 unspecified atom stereocenters. The second-order valence-corrected chi connectivity index (χ2v) is 8.51. The SMILES string of the molecule is CCS(=O)(=O)c1cc2c(nc1C)N1[C@H](C2)CN(C(=O)O)C[C@H]1C. The summed E-state index contributed by atoms with van der Waals surface area (Å²) in [5, 5.41) is 9.23. The normalized spacial score (nSPS) is 23.6. The molecule has 1 N–H and O–H groups in total. The fourth-order valence-electron chi connectivity index (χ4n) is 3.60. The van der Waals surface area contributed by atoms with Gasteiger partial charge in [0.1, 0.15) is 5.82 Å². The summed E-state index contributed by atoms with van der Waals surface area (Å²) in [5.74, 6) is 0.852. The third-order valence-corrected chi connectivity index (χ3v) is 6.54. The number of piperazine rings is 1. The average Bonchev–Trinajstić information content (AvgIpc) is 2.84. The molecule has 23 heavy (non-hydrogen) atoms. The number of aromatic nitrogens is 1. The zero-order valence-corrected chi connectivity index (χ0v) is 14.3. The summed E-state index contributed by atoms with van der Waals surface area (Å²) in [5.41, 5.74) is 1.41. The standard InChI is InChI=1S/C15H21N3O4S/c1-4-23(21,22)13-6-11-5-12-8-17(15(19)20)7-9(2)18(12)14(11)16-10(13)3/h6,9,12H,4-5,7-8H2,1-3H3,(H,19,20)/t9-,12-/m1/s1. The third kappa shape index (κ3) is 2.54. The molecule has 0 bridgehead atoms. The molecule has 3 heterocycles. The van der Waals surface area contributed by atoms with E-state index < -0.39 is 15.9 Å². The van der Waals surface area contributed by atoms with Crippen LogP contribution in [0, 0.1) is 6.92 Å². The molecule has 1 fully saturated rings. The van der Waals surface area contributed by atoms with Crippen LogP contribution in [0.25, 0.3) is 0 Å². The Kier molecular flexibility index (Phi) is 3.74. The van der Waals surface area contributed by atoms with Crippen LogP contribution < -0.4 is 4.90 Å². The number of carboxylic acid groups (broad SMARTS) is 1. The van der Waals surface area contributed by atoms with Crippen LogP contribution in [-0.4, -0.2) is 60.4 Å². The molecule has 126 valence electrons. The molecule has 0 aliphatic carbocycles. The molecule has 2 atom stereocenters. The van der Waals surface area contributed by atoms with Crippen molar-refractivity contribution in [2.75, 3.05) is 23.7 Å². The number of nitrogens with zero attached hydrogens (tertiary/aromatic N) is 3. The smallest absolute Gasteiger partial charge is 0.407 e. The summed E-state index contributed by atoms with van der Waals surface area (Å²) in [6.45, 7) is 6.17. The van der Waals surface area contributed by atoms with Gasteiger partial charge in [0, 0.05) is 19.1 Å². The monoisotopic (exact) mass is 339 g/mol. The van der Waals surface area contributed by atoms with Crippen molar-refractivity contribution in [3.8, 4) is 0 Å². The molecule has 1 amide bonds. The van der Waals surface area contributed by atoms with E-state index in [4.69, 9.17) is 0 Å². The number of carbonyl (C=O) groups is 1. The predicted octanol–water partition coefficient (Wildman–Crippen LogP) is 1.30. The summed E-state index contributed by atoms with van der Waals surface area (Å²) in [7, 11) is -3.31. The summed E-state index contributed by atoms with van der Waals surface area (Å²) in [4.78, 5) is 19.7. The molecule has 0 saturated carbocycles. The first-order chi connectivity index (χ1) is 10.7. The average molecular weight is 339 g/mol. The number of aryl methyl sites for hydroxylation is 1. The van der Waals surface area contributed by atoms with Gasteiger partial charge in [-0.15, -0.1) is 0 Å². The van der Waals surface area contributed by atoms with Crippen LogP contribution in [0.15, 0.2) is 11.0 Å². The summed E-state index contributed by atoms with van der Waals surface area (Å²) >= 11 is 0. The van der Waals surface area contributed by atoms with E-state index in [1.807, 2.05) is 6.92 Å². The Morgan fingerprint density at radius 2 is 2.13 bits per heavy atom. The van der Waals surface area contributed by atoms with Crippen molar-refractivity contribution in [2.24, 2.45) is 0 Å². The van der Waals surface area contributed by atoms with Gasteiger partial charge < -0.3 is 14.9 Å². The maximum atomic E-state index is 12.2. The van der Waals surface area contributed by atoms with Gasteiger partial charge in [-0.05, 0) is 31.9 Å². The van der Waals surface area contributed by atoms with E-state index in [1.165, 1.54) is 4.90 Å². The lowest BCUT2D eigenvalue weighted by atomic mass is 10.1. The highest BCUT2D eigenvalue weighted by Crippen LogP contribution is 2.37. The van der Waals surface area contributed by atoms with Gasteiger partial charge in [0.05, 0.1) is 22.4 Å². The minimum Gasteiger partial charge on any atom is -0.465 e. The van der Waals surface area contributed by atoms with Crippen molar-refractivity contribution in [1.82, 2.24) is 9.88 Å². The Morgan fingerprint density at radius 3 is 2.74 bits per heavy atom. The lowest BCUT2D eigenvalue weighted by molar-refractivity contribution is 0.128. The number of hydrogen-bond donors (Lipinski definition) is 1. The van der Waals surface area contributed by atoms with Gasteiger partial charge >= 0.3 is 6.09 Å². The van der Waals surface area contributed by atoms with Crippen LogP contribution in [0.2, 0.25) is 0 Å². The molecule has 1 aromatic rings. The van der Waals surface area contributed by atoms with Gasteiger partial charge in [0.2, 0.25) is 0 Å². The van der Waals surface area contributed by atoms with Gasteiger partial charge in [-0.3, -0.25) is 0 Å². The number of pyridine rings is 1. The molecule has 1 saturated heterocycles. The Labute approximate surface area is 135 Å². The van der Waals surface area contributed by atoms with Crippen molar-refractivity contribution in [3.05, 3.63) is 17.3 Å². The summed E-state index contributed by atoms with van der Waals surface area (Å²) in [6, 6.07) is 1.77. The topological polar surface area (TPSA) is 90.8 Å². The molecule has 2 aliphatic heterocycles. The first-order valence-corrected chi connectivity index (χ1v) is 9.39. The maximum Gasteiger partial charge on any atom is 0.407 e. The van der Waals surface area contributed by atoms with Crippen molar-refractivity contribution < 1.29 is 18.3 Å². The van der Waals surface area contributed by atoms with E-state index in [2.05, 4.69) is 9.88 Å². The van der Waals surface area contributed by atoms with E-state index in [0.29, 0.717) is 30.1 Å². The fraction of sp³-hybridized carbons (Fsp3) is 0.600. The molecule has 0 aromatic carbocycles. The predicted molar refractivity (Wildman–Crippen MR) is 85.7 cm³/mol. The maximum absolute atomic E-state index is 12.2. The summed E-state index contributed by atoms with van der Waals surface area (Å²) < 4.78 is 24.4. The van der Waals surface area contributed by atoms with Crippen LogP contribution in [0.3, 0.4) is 0 Å².